The number of likely N-dealkylation sites (tertiary alicyclic amines) is 2. The SMILES string of the molecule is CN1C[C@@H](c2ccccc2)CC2(CCN(C(=O)c3cccc(C#N)c3)CC2)C1. The molecule has 0 radical (unpaired) electrons. The zero-order chi connectivity index (χ0) is 19.6. The van der Waals surface area contributed by atoms with Crippen molar-refractivity contribution in [1.82, 2.24) is 9.80 Å². The van der Waals surface area contributed by atoms with Crippen LogP contribution in [-0.4, -0.2) is 48.9 Å². The summed E-state index contributed by atoms with van der Waals surface area (Å²) in [6.45, 7) is 3.81. The number of amides is 1. The van der Waals surface area contributed by atoms with Crippen molar-refractivity contribution in [2.45, 2.75) is 25.2 Å². The lowest BCUT2D eigenvalue weighted by atomic mass is 9.68. The molecular formula is C24H27N3O. The van der Waals surface area contributed by atoms with Gasteiger partial charge >= 0.3 is 0 Å². The van der Waals surface area contributed by atoms with E-state index in [2.05, 4.69) is 48.3 Å². The van der Waals surface area contributed by atoms with Crippen LogP contribution in [0.15, 0.2) is 54.6 Å². The van der Waals surface area contributed by atoms with Crippen LogP contribution in [0.3, 0.4) is 0 Å². The number of nitriles is 1. The molecule has 0 unspecified atom stereocenters. The van der Waals surface area contributed by atoms with Gasteiger partial charge in [-0.3, -0.25) is 4.79 Å². The molecule has 2 heterocycles. The van der Waals surface area contributed by atoms with Crippen molar-refractivity contribution in [3.8, 4) is 6.07 Å². The van der Waals surface area contributed by atoms with Gasteiger partial charge < -0.3 is 9.80 Å². The summed E-state index contributed by atoms with van der Waals surface area (Å²) < 4.78 is 0. The highest BCUT2D eigenvalue weighted by Crippen LogP contribution is 2.44. The van der Waals surface area contributed by atoms with Crippen LogP contribution in [-0.2, 0) is 0 Å². The van der Waals surface area contributed by atoms with Crippen LogP contribution in [0.2, 0.25) is 0 Å². The second-order valence-electron chi connectivity index (χ2n) is 8.49. The molecule has 1 spiro atoms. The third kappa shape index (κ3) is 3.81. The summed E-state index contributed by atoms with van der Waals surface area (Å²) in [5.41, 5.74) is 2.89. The Morgan fingerprint density at radius 1 is 1.11 bits per heavy atom. The number of hydrogen-bond acceptors (Lipinski definition) is 3. The molecule has 2 saturated heterocycles. The van der Waals surface area contributed by atoms with Crippen LogP contribution in [0.25, 0.3) is 0 Å². The molecular weight excluding hydrogens is 346 g/mol. The Balaban J connectivity index is 1.45. The molecule has 0 aromatic heterocycles. The minimum atomic E-state index is 0.0516. The molecule has 2 fully saturated rings. The first-order valence-corrected chi connectivity index (χ1v) is 10.1. The number of piperidine rings is 2. The number of benzene rings is 2. The van der Waals surface area contributed by atoms with Crippen molar-refractivity contribution < 1.29 is 4.79 Å². The first-order valence-electron chi connectivity index (χ1n) is 10.1. The Kier molecular flexibility index (Phi) is 5.19. The molecule has 4 heteroatoms. The molecule has 0 aliphatic carbocycles. The van der Waals surface area contributed by atoms with E-state index in [1.165, 1.54) is 12.0 Å². The van der Waals surface area contributed by atoms with Gasteiger partial charge in [-0.2, -0.15) is 5.26 Å². The van der Waals surface area contributed by atoms with Crippen molar-refractivity contribution in [1.29, 1.82) is 5.26 Å². The normalized spacial score (nSPS) is 22.0. The van der Waals surface area contributed by atoms with Crippen LogP contribution in [0.1, 0.15) is 46.7 Å². The Morgan fingerprint density at radius 2 is 1.86 bits per heavy atom. The number of carbonyl (C=O) groups excluding carboxylic acids is 1. The third-order valence-corrected chi connectivity index (χ3v) is 6.44. The molecule has 4 nitrogen and oxygen atoms in total. The Labute approximate surface area is 167 Å². The fourth-order valence-corrected chi connectivity index (χ4v) is 5.06. The maximum Gasteiger partial charge on any atom is 0.253 e. The van der Waals surface area contributed by atoms with Crippen molar-refractivity contribution in [3.05, 3.63) is 71.3 Å². The fraction of sp³-hybridized carbons (Fsp3) is 0.417. The van der Waals surface area contributed by atoms with E-state index in [1.807, 2.05) is 11.0 Å². The van der Waals surface area contributed by atoms with Gasteiger partial charge in [-0.15, -0.1) is 0 Å². The number of nitrogens with zero attached hydrogens (tertiary/aromatic N) is 3. The zero-order valence-electron chi connectivity index (χ0n) is 16.5. The standard InChI is InChI=1S/C24H27N3O/c1-26-17-22(20-7-3-2-4-8-20)15-24(18-26)10-12-27(13-11-24)23(28)21-9-5-6-19(14-21)16-25/h2-9,14,22H,10-13,15,17-18H2,1H3/t22-/m0/s1. The maximum absolute atomic E-state index is 12.9. The molecule has 0 N–H and O–H groups in total. The average molecular weight is 374 g/mol. The Morgan fingerprint density at radius 3 is 2.57 bits per heavy atom. The van der Waals surface area contributed by atoms with Gasteiger partial charge in [-0.05, 0) is 61.4 Å². The quantitative estimate of drug-likeness (QED) is 0.802. The molecule has 1 amide bonds. The van der Waals surface area contributed by atoms with Crippen LogP contribution in [0.5, 0.6) is 0 Å². The molecule has 2 aromatic carbocycles. The van der Waals surface area contributed by atoms with Gasteiger partial charge in [-0.25, -0.2) is 0 Å². The summed E-state index contributed by atoms with van der Waals surface area (Å²) in [6.07, 6.45) is 3.29. The van der Waals surface area contributed by atoms with Gasteiger partial charge in [0, 0.05) is 31.7 Å². The number of likely N-dealkylation sites (N-methyl/N-ethyl adjacent to an activating group) is 1. The fourth-order valence-electron chi connectivity index (χ4n) is 5.06. The van der Waals surface area contributed by atoms with Gasteiger partial charge in [-0.1, -0.05) is 36.4 Å². The topological polar surface area (TPSA) is 47.3 Å². The second kappa shape index (κ2) is 7.77. The van der Waals surface area contributed by atoms with Crippen molar-refractivity contribution in [3.63, 3.8) is 0 Å². The lowest BCUT2D eigenvalue weighted by molar-refractivity contribution is 0.0224. The van der Waals surface area contributed by atoms with Crippen LogP contribution in [0, 0.1) is 16.7 Å². The van der Waals surface area contributed by atoms with Gasteiger partial charge in [0.25, 0.3) is 5.91 Å². The lowest BCUT2D eigenvalue weighted by Crippen LogP contribution is -2.51. The summed E-state index contributed by atoms with van der Waals surface area (Å²) >= 11 is 0. The minimum Gasteiger partial charge on any atom is -0.339 e. The Hall–Kier alpha value is -2.64. The van der Waals surface area contributed by atoms with Crippen LogP contribution >= 0.6 is 0 Å². The van der Waals surface area contributed by atoms with Gasteiger partial charge in [0.2, 0.25) is 0 Å². The molecule has 0 saturated carbocycles. The summed E-state index contributed by atoms with van der Waals surface area (Å²) in [6, 6.07) is 20.0. The molecule has 28 heavy (non-hydrogen) atoms. The van der Waals surface area contributed by atoms with Gasteiger partial charge in [0.1, 0.15) is 0 Å². The smallest absolute Gasteiger partial charge is 0.253 e. The molecule has 1 atom stereocenters. The maximum atomic E-state index is 12.9. The van der Waals surface area contributed by atoms with Crippen molar-refractivity contribution in [2.24, 2.45) is 5.41 Å². The summed E-state index contributed by atoms with van der Waals surface area (Å²) in [5.74, 6) is 0.616. The highest BCUT2D eigenvalue weighted by molar-refractivity contribution is 5.94. The summed E-state index contributed by atoms with van der Waals surface area (Å²) in [7, 11) is 2.22. The largest absolute Gasteiger partial charge is 0.339 e. The van der Waals surface area contributed by atoms with E-state index in [9.17, 15) is 4.79 Å². The molecule has 2 aliphatic rings. The van der Waals surface area contributed by atoms with E-state index in [-0.39, 0.29) is 5.91 Å². The summed E-state index contributed by atoms with van der Waals surface area (Å²) in [5, 5.41) is 9.08. The van der Waals surface area contributed by atoms with E-state index in [0.29, 0.717) is 22.5 Å². The number of carbonyl (C=O) groups is 1. The van der Waals surface area contributed by atoms with Gasteiger partial charge in [0.15, 0.2) is 0 Å². The number of hydrogen-bond donors (Lipinski definition) is 0. The van der Waals surface area contributed by atoms with E-state index in [4.69, 9.17) is 5.26 Å². The van der Waals surface area contributed by atoms with Crippen molar-refractivity contribution >= 4 is 5.91 Å². The average Bonchev–Trinajstić information content (AvgIpc) is 2.74. The molecule has 2 aromatic rings. The second-order valence-corrected chi connectivity index (χ2v) is 8.49. The highest BCUT2D eigenvalue weighted by Gasteiger charge is 2.42. The highest BCUT2D eigenvalue weighted by atomic mass is 16.2. The predicted octanol–water partition coefficient (Wildman–Crippen LogP) is 3.90. The van der Waals surface area contributed by atoms with E-state index in [0.717, 1.165) is 39.0 Å². The number of rotatable bonds is 2. The van der Waals surface area contributed by atoms with Crippen LogP contribution in [0.4, 0.5) is 0 Å². The van der Waals surface area contributed by atoms with E-state index in [1.54, 1.807) is 18.2 Å². The van der Waals surface area contributed by atoms with Gasteiger partial charge in [0.05, 0.1) is 11.6 Å². The minimum absolute atomic E-state index is 0.0516. The van der Waals surface area contributed by atoms with Crippen molar-refractivity contribution in [2.75, 3.05) is 33.2 Å². The first kappa shape index (κ1) is 18.7. The third-order valence-electron chi connectivity index (χ3n) is 6.44. The molecule has 2 aliphatic heterocycles. The lowest BCUT2D eigenvalue weighted by Gasteiger charge is -2.49. The van der Waals surface area contributed by atoms with E-state index >= 15 is 0 Å². The predicted molar refractivity (Wildman–Crippen MR) is 110 cm³/mol. The Bertz CT molecular complexity index is 878. The van der Waals surface area contributed by atoms with E-state index < -0.39 is 0 Å². The zero-order valence-corrected chi connectivity index (χ0v) is 16.5. The molecule has 144 valence electrons. The molecule has 4 rings (SSSR count). The van der Waals surface area contributed by atoms with Crippen LogP contribution < -0.4 is 0 Å². The summed E-state index contributed by atoms with van der Waals surface area (Å²) in [4.78, 5) is 17.3. The monoisotopic (exact) mass is 373 g/mol. The first-order chi connectivity index (χ1) is 13.6. The molecule has 0 bridgehead atoms.